The molecule has 0 saturated carbocycles. The van der Waals surface area contributed by atoms with Crippen LogP contribution in [-0.4, -0.2) is 16.1 Å². The molecule has 20 heavy (non-hydrogen) atoms. The maximum Gasteiger partial charge on any atom is 0.272 e. The van der Waals surface area contributed by atoms with E-state index in [0.717, 1.165) is 24.1 Å². The van der Waals surface area contributed by atoms with E-state index in [0.29, 0.717) is 12.2 Å². The zero-order chi connectivity index (χ0) is 13.9. The van der Waals surface area contributed by atoms with Gasteiger partial charge in [0.05, 0.1) is 0 Å². The monoisotopic (exact) mass is 269 g/mol. The number of fused-ring (bicyclic) bond motifs is 1. The summed E-state index contributed by atoms with van der Waals surface area (Å²) in [6, 6.07) is 8.31. The minimum absolute atomic E-state index is 0.124. The van der Waals surface area contributed by atoms with Gasteiger partial charge in [-0.2, -0.15) is 5.10 Å². The molecule has 1 aromatic carbocycles. The molecule has 0 saturated heterocycles. The van der Waals surface area contributed by atoms with Gasteiger partial charge in [-0.3, -0.25) is 9.89 Å². The Bertz CT molecular complexity index is 630. The van der Waals surface area contributed by atoms with Crippen LogP contribution in [0, 0.1) is 0 Å². The number of hydrogen-bond donors (Lipinski definition) is 2. The van der Waals surface area contributed by atoms with Crippen LogP contribution in [0.1, 0.15) is 46.2 Å². The normalized spacial score (nSPS) is 13.2. The molecule has 3 rings (SSSR count). The number of amides is 1. The van der Waals surface area contributed by atoms with Crippen LogP contribution < -0.4 is 5.32 Å². The predicted octanol–water partition coefficient (Wildman–Crippen LogP) is 2.39. The van der Waals surface area contributed by atoms with Gasteiger partial charge in [-0.15, -0.1) is 0 Å². The van der Waals surface area contributed by atoms with Crippen molar-refractivity contribution < 1.29 is 4.79 Å². The average molecular weight is 269 g/mol. The predicted molar refractivity (Wildman–Crippen MR) is 77.6 cm³/mol. The Morgan fingerprint density at radius 3 is 2.95 bits per heavy atom. The third-order valence-electron chi connectivity index (χ3n) is 3.86. The van der Waals surface area contributed by atoms with Gasteiger partial charge in [0, 0.05) is 12.2 Å². The van der Waals surface area contributed by atoms with Gasteiger partial charge >= 0.3 is 0 Å². The van der Waals surface area contributed by atoms with Crippen LogP contribution in [0.2, 0.25) is 0 Å². The number of rotatable bonds is 4. The maximum atomic E-state index is 12.0. The first-order valence-corrected chi connectivity index (χ1v) is 7.19. The summed E-state index contributed by atoms with van der Waals surface area (Å²) >= 11 is 0. The number of hydrogen-bond acceptors (Lipinski definition) is 2. The fourth-order valence-electron chi connectivity index (χ4n) is 2.67. The van der Waals surface area contributed by atoms with E-state index >= 15 is 0 Å². The highest BCUT2D eigenvalue weighted by atomic mass is 16.1. The molecule has 104 valence electrons. The highest BCUT2D eigenvalue weighted by molar-refractivity contribution is 5.92. The van der Waals surface area contributed by atoms with Crippen LogP contribution in [0.4, 0.5) is 0 Å². The summed E-state index contributed by atoms with van der Waals surface area (Å²) < 4.78 is 0. The van der Waals surface area contributed by atoms with Crippen molar-refractivity contribution in [3.8, 4) is 0 Å². The first-order chi connectivity index (χ1) is 9.76. The molecule has 0 bridgehead atoms. The van der Waals surface area contributed by atoms with Gasteiger partial charge in [0.15, 0.2) is 0 Å². The average Bonchev–Trinajstić information content (AvgIpc) is 3.12. The summed E-state index contributed by atoms with van der Waals surface area (Å²) in [4.78, 5) is 12.0. The zero-order valence-corrected chi connectivity index (χ0v) is 11.7. The number of benzene rings is 1. The second-order valence-corrected chi connectivity index (χ2v) is 5.27. The van der Waals surface area contributed by atoms with E-state index in [1.807, 2.05) is 6.92 Å². The quantitative estimate of drug-likeness (QED) is 0.895. The molecule has 1 aliphatic rings. The Kier molecular flexibility index (Phi) is 3.54. The summed E-state index contributed by atoms with van der Waals surface area (Å²) in [6.45, 7) is 2.58. The molecule has 0 spiro atoms. The van der Waals surface area contributed by atoms with Crippen LogP contribution in [-0.2, 0) is 25.8 Å². The number of aryl methyl sites for hydroxylation is 3. The Balaban J connectivity index is 1.63. The number of carbonyl (C=O) groups excluding carboxylic acids is 1. The van der Waals surface area contributed by atoms with Crippen LogP contribution >= 0.6 is 0 Å². The van der Waals surface area contributed by atoms with E-state index in [4.69, 9.17) is 0 Å². The molecule has 4 heteroatoms. The van der Waals surface area contributed by atoms with Crippen molar-refractivity contribution in [2.75, 3.05) is 0 Å². The molecule has 0 aliphatic heterocycles. The van der Waals surface area contributed by atoms with E-state index in [1.54, 1.807) is 6.07 Å². The summed E-state index contributed by atoms with van der Waals surface area (Å²) in [7, 11) is 0. The van der Waals surface area contributed by atoms with Crippen LogP contribution in [0.5, 0.6) is 0 Å². The van der Waals surface area contributed by atoms with Crippen molar-refractivity contribution in [3.05, 3.63) is 52.3 Å². The molecule has 1 aliphatic carbocycles. The number of carbonyl (C=O) groups is 1. The number of aromatic amines is 1. The van der Waals surface area contributed by atoms with Gasteiger partial charge in [0.1, 0.15) is 5.69 Å². The van der Waals surface area contributed by atoms with E-state index in [1.165, 1.54) is 24.0 Å². The summed E-state index contributed by atoms with van der Waals surface area (Å²) in [5.74, 6) is -0.124. The second kappa shape index (κ2) is 5.49. The number of nitrogens with one attached hydrogen (secondary N) is 2. The minimum atomic E-state index is -0.124. The third-order valence-corrected chi connectivity index (χ3v) is 3.86. The molecular formula is C16H19N3O. The Hall–Kier alpha value is -2.10. The zero-order valence-electron chi connectivity index (χ0n) is 11.7. The number of nitrogens with zero attached hydrogens (tertiary/aromatic N) is 1. The van der Waals surface area contributed by atoms with Gasteiger partial charge < -0.3 is 5.32 Å². The van der Waals surface area contributed by atoms with Crippen molar-refractivity contribution in [1.29, 1.82) is 0 Å². The standard InChI is InChI=1S/C16H19N3O/c1-2-14-9-15(19-18-14)16(20)17-10-11-6-7-12-4-3-5-13(12)8-11/h6-9H,2-5,10H2,1H3,(H,17,20)(H,18,19). The molecule has 0 radical (unpaired) electrons. The highest BCUT2D eigenvalue weighted by Gasteiger charge is 2.12. The summed E-state index contributed by atoms with van der Waals surface area (Å²) in [6.07, 6.45) is 4.45. The summed E-state index contributed by atoms with van der Waals surface area (Å²) in [5.41, 5.74) is 5.49. The molecule has 0 unspecified atom stereocenters. The van der Waals surface area contributed by atoms with Crippen LogP contribution in [0.3, 0.4) is 0 Å². The Labute approximate surface area is 118 Å². The molecule has 1 heterocycles. The van der Waals surface area contributed by atoms with Crippen molar-refractivity contribution in [3.63, 3.8) is 0 Å². The largest absolute Gasteiger partial charge is 0.347 e. The van der Waals surface area contributed by atoms with Crippen molar-refractivity contribution in [2.45, 2.75) is 39.2 Å². The lowest BCUT2D eigenvalue weighted by atomic mass is 10.1. The van der Waals surface area contributed by atoms with E-state index in [2.05, 4.69) is 33.7 Å². The molecule has 0 fully saturated rings. The van der Waals surface area contributed by atoms with E-state index in [9.17, 15) is 4.79 Å². The lowest BCUT2D eigenvalue weighted by Crippen LogP contribution is -2.23. The first-order valence-electron chi connectivity index (χ1n) is 7.19. The molecule has 2 aromatic rings. The fourth-order valence-corrected chi connectivity index (χ4v) is 2.67. The van der Waals surface area contributed by atoms with Crippen molar-refractivity contribution in [2.24, 2.45) is 0 Å². The Morgan fingerprint density at radius 1 is 1.30 bits per heavy atom. The molecule has 0 atom stereocenters. The van der Waals surface area contributed by atoms with E-state index < -0.39 is 0 Å². The van der Waals surface area contributed by atoms with Crippen LogP contribution in [0.15, 0.2) is 24.3 Å². The maximum absolute atomic E-state index is 12.0. The lowest BCUT2D eigenvalue weighted by Gasteiger charge is -2.06. The molecule has 1 aromatic heterocycles. The lowest BCUT2D eigenvalue weighted by molar-refractivity contribution is 0.0946. The van der Waals surface area contributed by atoms with Gasteiger partial charge in [0.25, 0.3) is 5.91 Å². The minimum Gasteiger partial charge on any atom is -0.347 e. The molecule has 2 N–H and O–H groups in total. The molecular weight excluding hydrogens is 250 g/mol. The fraction of sp³-hybridized carbons (Fsp3) is 0.375. The molecule has 1 amide bonds. The SMILES string of the molecule is CCc1cc(C(=O)NCc2ccc3c(c2)CCC3)n[nH]1. The topological polar surface area (TPSA) is 57.8 Å². The second-order valence-electron chi connectivity index (χ2n) is 5.27. The van der Waals surface area contributed by atoms with Crippen molar-refractivity contribution >= 4 is 5.91 Å². The highest BCUT2D eigenvalue weighted by Crippen LogP contribution is 2.22. The van der Waals surface area contributed by atoms with E-state index in [-0.39, 0.29) is 5.91 Å². The van der Waals surface area contributed by atoms with Gasteiger partial charge in [-0.25, -0.2) is 0 Å². The van der Waals surface area contributed by atoms with Gasteiger partial charge in [-0.1, -0.05) is 25.1 Å². The Morgan fingerprint density at radius 2 is 2.15 bits per heavy atom. The number of H-pyrrole nitrogens is 1. The van der Waals surface area contributed by atoms with Gasteiger partial charge in [-0.05, 0) is 48.4 Å². The number of aromatic nitrogens is 2. The van der Waals surface area contributed by atoms with Gasteiger partial charge in [0.2, 0.25) is 0 Å². The molecule has 4 nitrogen and oxygen atoms in total. The first kappa shape index (κ1) is 12.9. The van der Waals surface area contributed by atoms with Crippen LogP contribution in [0.25, 0.3) is 0 Å². The summed E-state index contributed by atoms with van der Waals surface area (Å²) in [5, 5.41) is 9.80. The third kappa shape index (κ3) is 2.59. The van der Waals surface area contributed by atoms with Crippen molar-refractivity contribution in [1.82, 2.24) is 15.5 Å². The smallest absolute Gasteiger partial charge is 0.272 e.